The van der Waals surface area contributed by atoms with Crippen molar-refractivity contribution in [1.82, 2.24) is 14.1 Å². The lowest BCUT2D eigenvalue weighted by molar-refractivity contribution is -0.142. The Morgan fingerprint density at radius 3 is 2.55 bits per heavy atom. The highest BCUT2D eigenvalue weighted by Crippen LogP contribution is 2.13. The zero-order valence-electron chi connectivity index (χ0n) is 16.0. The van der Waals surface area contributed by atoms with E-state index in [-0.39, 0.29) is 17.8 Å². The van der Waals surface area contributed by atoms with Crippen molar-refractivity contribution in [3.05, 3.63) is 68.5 Å². The van der Waals surface area contributed by atoms with Crippen molar-refractivity contribution >= 4 is 28.5 Å². The number of Topliss-reactive ketones (excluding diaryl/α,β-unsaturated/α-hetero) is 1. The van der Waals surface area contributed by atoms with E-state index in [1.807, 2.05) is 36.4 Å². The van der Waals surface area contributed by atoms with Gasteiger partial charge in [-0.25, -0.2) is 4.79 Å². The third-order valence-corrected chi connectivity index (χ3v) is 4.59. The maximum absolute atomic E-state index is 12.3. The molecular formula is C20H20N4O5. The van der Waals surface area contributed by atoms with E-state index < -0.39 is 29.6 Å². The van der Waals surface area contributed by atoms with Crippen LogP contribution in [0.1, 0.15) is 22.5 Å². The van der Waals surface area contributed by atoms with Crippen molar-refractivity contribution in [2.45, 2.75) is 12.8 Å². The molecule has 0 atom stereocenters. The SMILES string of the molecule is Cn1c(N)c(C(=O)COC(=O)CCc2ccc3ccccc3n2)c(=O)n(C)c1=O. The summed E-state index contributed by atoms with van der Waals surface area (Å²) in [6.45, 7) is -0.637. The van der Waals surface area contributed by atoms with E-state index in [2.05, 4.69) is 4.98 Å². The largest absolute Gasteiger partial charge is 0.457 e. The van der Waals surface area contributed by atoms with Gasteiger partial charge in [0.15, 0.2) is 6.61 Å². The fourth-order valence-electron chi connectivity index (χ4n) is 2.89. The van der Waals surface area contributed by atoms with Gasteiger partial charge in [-0.15, -0.1) is 0 Å². The van der Waals surface area contributed by atoms with Gasteiger partial charge < -0.3 is 10.5 Å². The maximum Gasteiger partial charge on any atom is 0.332 e. The number of aromatic nitrogens is 3. The van der Waals surface area contributed by atoms with E-state index >= 15 is 0 Å². The molecule has 0 aliphatic rings. The molecule has 0 unspecified atom stereocenters. The zero-order valence-corrected chi connectivity index (χ0v) is 16.0. The molecule has 0 radical (unpaired) electrons. The number of nitrogens with zero attached hydrogens (tertiary/aromatic N) is 3. The van der Waals surface area contributed by atoms with Gasteiger partial charge in [-0.2, -0.15) is 0 Å². The number of nitrogen functional groups attached to an aromatic ring is 1. The van der Waals surface area contributed by atoms with Crippen LogP contribution in [0.25, 0.3) is 10.9 Å². The second-order valence-electron chi connectivity index (χ2n) is 6.55. The normalized spacial score (nSPS) is 10.8. The molecule has 0 spiro atoms. The summed E-state index contributed by atoms with van der Waals surface area (Å²) in [5, 5.41) is 1.00. The number of benzene rings is 1. The van der Waals surface area contributed by atoms with Gasteiger partial charge in [-0.05, 0) is 12.1 Å². The first-order valence-corrected chi connectivity index (χ1v) is 8.88. The molecule has 0 bridgehead atoms. The third kappa shape index (κ3) is 4.08. The molecule has 0 aliphatic heterocycles. The number of fused-ring (bicyclic) bond motifs is 1. The summed E-state index contributed by atoms with van der Waals surface area (Å²) >= 11 is 0. The van der Waals surface area contributed by atoms with Gasteiger partial charge in [0, 0.05) is 31.6 Å². The minimum absolute atomic E-state index is 0.0272. The molecular weight excluding hydrogens is 376 g/mol. The average molecular weight is 396 g/mol. The van der Waals surface area contributed by atoms with Gasteiger partial charge in [0.25, 0.3) is 5.56 Å². The molecule has 0 fully saturated rings. The van der Waals surface area contributed by atoms with Crippen LogP contribution in [-0.2, 0) is 30.0 Å². The molecule has 150 valence electrons. The summed E-state index contributed by atoms with van der Waals surface area (Å²) in [5.74, 6) is -1.64. The number of ketones is 1. The predicted molar refractivity (Wildman–Crippen MR) is 107 cm³/mol. The molecule has 29 heavy (non-hydrogen) atoms. The number of aryl methyl sites for hydroxylation is 1. The Bertz CT molecular complexity index is 1230. The molecule has 3 aromatic rings. The number of esters is 1. The summed E-state index contributed by atoms with van der Waals surface area (Å²) in [5.41, 5.74) is 5.42. The number of carbonyl (C=O) groups excluding carboxylic acids is 2. The maximum atomic E-state index is 12.3. The number of para-hydroxylation sites is 1. The Balaban J connectivity index is 1.63. The molecule has 2 heterocycles. The lowest BCUT2D eigenvalue weighted by Gasteiger charge is -2.11. The minimum atomic E-state index is -0.827. The van der Waals surface area contributed by atoms with Crippen molar-refractivity contribution in [1.29, 1.82) is 0 Å². The molecule has 0 saturated carbocycles. The Morgan fingerprint density at radius 2 is 1.79 bits per heavy atom. The van der Waals surface area contributed by atoms with E-state index in [4.69, 9.17) is 10.5 Å². The second kappa shape index (κ2) is 8.09. The first kappa shape index (κ1) is 20.0. The van der Waals surface area contributed by atoms with Gasteiger partial charge in [0.05, 0.1) is 11.9 Å². The number of hydrogen-bond acceptors (Lipinski definition) is 7. The summed E-state index contributed by atoms with van der Waals surface area (Å²) < 4.78 is 6.74. The van der Waals surface area contributed by atoms with Gasteiger partial charge in [-0.1, -0.05) is 24.3 Å². The Kier molecular flexibility index (Phi) is 5.58. The fraction of sp³-hybridized carbons (Fsp3) is 0.250. The zero-order chi connectivity index (χ0) is 21.1. The monoisotopic (exact) mass is 396 g/mol. The van der Waals surface area contributed by atoms with Crippen LogP contribution in [0.4, 0.5) is 5.82 Å². The second-order valence-corrected chi connectivity index (χ2v) is 6.55. The number of nitrogens with two attached hydrogens (primary N) is 1. The van der Waals surface area contributed by atoms with Crippen molar-refractivity contribution < 1.29 is 14.3 Å². The standard InChI is InChI=1S/C20H20N4O5/c1-23-18(21)17(19(27)24(2)20(23)28)15(25)11-29-16(26)10-9-13-8-7-12-5-3-4-6-14(12)22-13/h3-8H,9-11,21H2,1-2H3. The van der Waals surface area contributed by atoms with E-state index in [1.165, 1.54) is 14.1 Å². The third-order valence-electron chi connectivity index (χ3n) is 4.59. The molecule has 0 aliphatic carbocycles. The van der Waals surface area contributed by atoms with Crippen LogP contribution in [-0.4, -0.2) is 32.5 Å². The fourth-order valence-corrected chi connectivity index (χ4v) is 2.89. The Hall–Kier alpha value is -3.75. The summed E-state index contributed by atoms with van der Waals surface area (Å²) in [6.07, 6.45) is 0.376. The molecule has 0 saturated heterocycles. The highest BCUT2D eigenvalue weighted by atomic mass is 16.5. The van der Waals surface area contributed by atoms with Crippen LogP contribution in [0, 0.1) is 0 Å². The number of carbonyl (C=O) groups is 2. The van der Waals surface area contributed by atoms with E-state index in [0.717, 1.165) is 25.7 Å². The highest BCUT2D eigenvalue weighted by molar-refractivity contribution is 6.01. The van der Waals surface area contributed by atoms with Crippen molar-refractivity contribution in [2.75, 3.05) is 12.3 Å². The molecule has 9 heteroatoms. The van der Waals surface area contributed by atoms with Crippen LogP contribution < -0.4 is 17.0 Å². The number of anilines is 1. The number of ether oxygens (including phenoxy) is 1. The summed E-state index contributed by atoms with van der Waals surface area (Å²) in [7, 11) is 2.58. The number of pyridine rings is 1. The highest BCUT2D eigenvalue weighted by Gasteiger charge is 2.21. The van der Waals surface area contributed by atoms with Crippen molar-refractivity contribution in [3.8, 4) is 0 Å². The van der Waals surface area contributed by atoms with Crippen LogP contribution in [0.2, 0.25) is 0 Å². The van der Waals surface area contributed by atoms with Crippen molar-refractivity contribution in [3.63, 3.8) is 0 Å². The Morgan fingerprint density at radius 1 is 1.07 bits per heavy atom. The molecule has 1 aromatic carbocycles. The van der Waals surface area contributed by atoms with Crippen LogP contribution in [0.3, 0.4) is 0 Å². The first-order chi connectivity index (χ1) is 13.8. The lowest BCUT2D eigenvalue weighted by Crippen LogP contribution is -2.42. The van der Waals surface area contributed by atoms with Crippen LogP contribution in [0.15, 0.2) is 46.0 Å². The lowest BCUT2D eigenvalue weighted by atomic mass is 10.1. The molecule has 2 N–H and O–H groups in total. The molecule has 0 amide bonds. The van der Waals surface area contributed by atoms with Gasteiger partial charge >= 0.3 is 11.7 Å². The van der Waals surface area contributed by atoms with E-state index in [9.17, 15) is 19.2 Å². The minimum Gasteiger partial charge on any atom is -0.457 e. The average Bonchev–Trinajstić information content (AvgIpc) is 2.73. The van der Waals surface area contributed by atoms with Gasteiger partial charge in [0.2, 0.25) is 5.78 Å². The summed E-state index contributed by atoms with van der Waals surface area (Å²) in [4.78, 5) is 52.8. The molecule has 9 nitrogen and oxygen atoms in total. The number of hydrogen-bond donors (Lipinski definition) is 1. The van der Waals surface area contributed by atoms with Crippen LogP contribution >= 0.6 is 0 Å². The smallest absolute Gasteiger partial charge is 0.332 e. The van der Waals surface area contributed by atoms with E-state index in [1.54, 1.807) is 0 Å². The topological polar surface area (TPSA) is 126 Å². The first-order valence-electron chi connectivity index (χ1n) is 8.88. The molecule has 2 aromatic heterocycles. The van der Waals surface area contributed by atoms with Gasteiger partial charge in [0.1, 0.15) is 11.4 Å². The Labute approximate surface area is 165 Å². The predicted octanol–water partition coefficient (Wildman–Crippen LogP) is 0.573. The summed E-state index contributed by atoms with van der Waals surface area (Å²) in [6, 6.07) is 11.4. The van der Waals surface area contributed by atoms with Crippen LogP contribution in [0.5, 0.6) is 0 Å². The quantitative estimate of drug-likeness (QED) is 0.477. The van der Waals surface area contributed by atoms with Crippen molar-refractivity contribution in [2.24, 2.45) is 14.1 Å². The molecule has 3 rings (SSSR count). The van der Waals surface area contributed by atoms with E-state index in [0.29, 0.717) is 6.42 Å². The van der Waals surface area contributed by atoms with Gasteiger partial charge in [-0.3, -0.25) is 28.5 Å². The number of rotatable bonds is 6.